The largest absolute Gasteiger partial charge is 0.458 e. The first-order valence-electron chi connectivity index (χ1n) is 8.33. The van der Waals surface area contributed by atoms with E-state index in [0.717, 1.165) is 25.7 Å². The van der Waals surface area contributed by atoms with E-state index in [9.17, 15) is 9.59 Å². The van der Waals surface area contributed by atoms with Gasteiger partial charge in [0.1, 0.15) is 12.2 Å². The average molecular weight is 294 g/mol. The van der Waals surface area contributed by atoms with Crippen molar-refractivity contribution in [3.05, 3.63) is 0 Å². The molecular formula is C17H26O4. The Kier molecular flexibility index (Phi) is 3.53. The molecule has 4 heteroatoms. The quantitative estimate of drug-likeness (QED) is 0.732. The maximum absolute atomic E-state index is 12.7. The predicted octanol–water partition coefficient (Wildman–Crippen LogP) is 2.94. The van der Waals surface area contributed by atoms with Crippen LogP contribution >= 0.6 is 0 Å². The molecule has 3 rings (SSSR count). The highest BCUT2D eigenvalue weighted by molar-refractivity contribution is 5.78. The fourth-order valence-corrected chi connectivity index (χ4v) is 4.47. The summed E-state index contributed by atoms with van der Waals surface area (Å²) in [7, 11) is 0. The zero-order valence-electron chi connectivity index (χ0n) is 13.4. The number of carbonyl (C=O) groups is 2. The van der Waals surface area contributed by atoms with E-state index in [0.29, 0.717) is 5.92 Å². The van der Waals surface area contributed by atoms with Gasteiger partial charge < -0.3 is 9.47 Å². The molecule has 1 aliphatic heterocycles. The topological polar surface area (TPSA) is 52.6 Å². The second-order valence-electron chi connectivity index (χ2n) is 7.35. The maximum Gasteiger partial charge on any atom is 0.312 e. The second kappa shape index (κ2) is 4.99. The van der Waals surface area contributed by atoms with Crippen LogP contribution < -0.4 is 0 Å². The number of fused-ring (bicyclic) bond motifs is 1. The van der Waals surface area contributed by atoms with Crippen molar-refractivity contribution >= 4 is 11.9 Å². The lowest BCUT2D eigenvalue weighted by Gasteiger charge is -2.35. The van der Waals surface area contributed by atoms with Crippen molar-refractivity contribution in [3.8, 4) is 0 Å². The minimum Gasteiger partial charge on any atom is -0.458 e. The van der Waals surface area contributed by atoms with Gasteiger partial charge in [-0.2, -0.15) is 0 Å². The molecule has 2 aliphatic carbocycles. The Morgan fingerprint density at radius 3 is 2.76 bits per heavy atom. The number of hydrogen-bond donors (Lipinski definition) is 0. The van der Waals surface area contributed by atoms with Gasteiger partial charge in [0.2, 0.25) is 0 Å². The Bertz CT molecular complexity index is 460. The SMILES string of the molecule is CCC(C)C(C)(CC)C(=O)OC1C2CC3C(=O)OC1C3C2. The average Bonchev–Trinajstić information content (AvgIpc) is 3.10. The molecule has 7 atom stereocenters. The van der Waals surface area contributed by atoms with Gasteiger partial charge in [0.25, 0.3) is 0 Å². The first kappa shape index (κ1) is 14.9. The van der Waals surface area contributed by atoms with Gasteiger partial charge >= 0.3 is 11.9 Å². The van der Waals surface area contributed by atoms with E-state index in [1.165, 1.54) is 0 Å². The Hall–Kier alpha value is -1.06. The van der Waals surface area contributed by atoms with Crippen LogP contribution in [0.2, 0.25) is 0 Å². The van der Waals surface area contributed by atoms with Gasteiger partial charge in [-0.15, -0.1) is 0 Å². The smallest absolute Gasteiger partial charge is 0.312 e. The summed E-state index contributed by atoms with van der Waals surface area (Å²) in [5.41, 5.74) is -0.446. The summed E-state index contributed by atoms with van der Waals surface area (Å²) in [5, 5.41) is 0. The number of hydrogen-bond acceptors (Lipinski definition) is 4. The molecule has 0 spiro atoms. The van der Waals surface area contributed by atoms with Crippen LogP contribution in [0, 0.1) is 29.1 Å². The Morgan fingerprint density at radius 2 is 2.14 bits per heavy atom. The minimum atomic E-state index is -0.446. The molecule has 0 radical (unpaired) electrons. The van der Waals surface area contributed by atoms with Crippen LogP contribution in [0.25, 0.3) is 0 Å². The molecule has 1 saturated heterocycles. The minimum absolute atomic E-state index is 0.0714. The van der Waals surface area contributed by atoms with Crippen LogP contribution in [-0.4, -0.2) is 24.1 Å². The van der Waals surface area contributed by atoms with E-state index in [2.05, 4.69) is 13.8 Å². The van der Waals surface area contributed by atoms with Crippen LogP contribution in [-0.2, 0) is 19.1 Å². The van der Waals surface area contributed by atoms with Crippen molar-refractivity contribution < 1.29 is 19.1 Å². The molecular weight excluding hydrogens is 268 g/mol. The van der Waals surface area contributed by atoms with E-state index in [1.54, 1.807) is 0 Å². The van der Waals surface area contributed by atoms with Gasteiger partial charge in [0.05, 0.1) is 11.3 Å². The first-order chi connectivity index (χ1) is 9.92. The summed E-state index contributed by atoms with van der Waals surface area (Å²) in [6.07, 6.45) is 3.16. The van der Waals surface area contributed by atoms with E-state index >= 15 is 0 Å². The Balaban J connectivity index is 1.73. The van der Waals surface area contributed by atoms with Gasteiger partial charge in [-0.1, -0.05) is 27.2 Å². The molecule has 0 aromatic rings. The van der Waals surface area contributed by atoms with Crippen molar-refractivity contribution in [1.29, 1.82) is 0 Å². The fourth-order valence-electron chi connectivity index (χ4n) is 4.47. The zero-order valence-corrected chi connectivity index (χ0v) is 13.4. The lowest BCUT2D eigenvalue weighted by atomic mass is 9.74. The Morgan fingerprint density at radius 1 is 1.43 bits per heavy atom. The van der Waals surface area contributed by atoms with Crippen molar-refractivity contribution in [1.82, 2.24) is 0 Å². The molecule has 21 heavy (non-hydrogen) atoms. The monoisotopic (exact) mass is 294 g/mol. The van der Waals surface area contributed by atoms with Gasteiger partial charge in [0, 0.05) is 11.8 Å². The first-order valence-corrected chi connectivity index (χ1v) is 8.33. The number of carbonyl (C=O) groups excluding carboxylic acids is 2. The van der Waals surface area contributed by atoms with Gasteiger partial charge in [-0.05, 0) is 32.1 Å². The summed E-state index contributed by atoms with van der Waals surface area (Å²) < 4.78 is 11.4. The van der Waals surface area contributed by atoms with Crippen LogP contribution in [0.4, 0.5) is 0 Å². The van der Waals surface area contributed by atoms with E-state index in [-0.39, 0.29) is 41.9 Å². The molecule has 0 N–H and O–H groups in total. The summed E-state index contributed by atoms with van der Waals surface area (Å²) in [4.78, 5) is 24.5. The van der Waals surface area contributed by atoms with Gasteiger partial charge in [-0.25, -0.2) is 0 Å². The van der Waals surface area contributed by atoms with Crippen LogP contribution in [0.1, 0.15) is 53.4 Å². The molecule has 2 saturated carbocycles. The standard InChI is InChI=1S/C17H26O4/c1-5-9(3)17(4,6-2)16(19)21-13-10-7-11-12(8-10)15(18)20-14(11)13/h9-14H,5-8H2,1-4H3. The second-order valence-corrected chi connectivity index (χ2v) is 7.35. The molecule has 7 unspecified atom stereocenters. The maximum atomic E-state index is 12.7. The highest BCUT2D eigenvalue weighted by Crippen LogP contribution is 2.55. The third kappa shape index (κ3) is 2.01. The molecule has 4 nitrogen and oxygen atoms in total. The highest BCUT2D eigenvalue weighted by atomic mass is 16.6. The van der Waals surface area contributed by atoms with Crippen molar-refractivity contribution in [3.63, 3.8) is 0 Å². The molecule has 1 heterocycles. The summed E-state index contributed by atoms with van der Waals surface area (Å²) in [5.74, 6) is 0.771. The molecule has 2 bridgehead atoms. The third-order valence-corrected chi connectivity index (χ3v) is 6.56. The fraction of sp³-hybridized carbons (Fsp3) is 0.882. The van der Waals surface area contributed by atoms with Gasteiger partial charge in [0.15, 0.2) is 0 Å². The van der Waals surface area contributed by atoms with Crippen molar-refractivity contribution in [2.75, 3.05) is 0 Å². The highest BCUT2D eigenvalue weighted by Gasteiger charge is 2.63. The van der Waals surface area contributed by atoms with Crippen LogP contribution in [0.5, 0.6) is 0 Å². The molecule has 0 aromatic carbocycles. The normalized spacial score (nSPS) is 40.8. The zero-order chi connectivity index (χ0) is 15.4. The number of ether oxygens (including phenoxy) is 2. The molecule has 3 fully saturated rings. The number of esters is 2. The number of rotatable bonds is 5. The molecule has 118 valence electrons. The van der Waals surface area contributed by atoms with Crippen LogP contribution in [0.15, 0.2) is 0 Å². The van der Waals surface area contributed by atoms with Crippen molar-refractivity contribution in [2.24, 2.45) is 29.1 Å². The molecule has 0 aromatic heterocycles. The summed E-state index contributed by atoms with van der Waals surface area (Å²) in [6.45, 7) is 8.25. The van der Waals surface area contributed by atoms with Gasteiger partial charge in [-0.3, -0.25) is 9.59 Å². The Labute approximate surface area is 126 Å². The molecule has 3 aliphatic rings. The van der Waals surface area contributed by atoms with E-state index in [4.69, 9.17) is 9.47 Å². The predicted molar refractivity (Wildman–Crippen MR) is 77.3 cm³/mol. The van der Waals surface area contributed by atoms with E-state index in [1.807, 2.05) is 13.8 Å². The lowest BCUT2D eigenvalue weighted by Crippen LogP contribution is -2.42. The van der Waals surface area contributed by atoms with Crippen molar-refractivity contribution in [2.45, 2.75) is 65.6 Å². The van der Waals surface area contributed by atoms with Crippen LogP contribution in [0.3, 0.4) is 0 Å². The van der Waals surface area contributed by atoms with E-state index < -0.39 is 5.41 Å². The summed E-state index contributed by atoms with van der Waals surface area (Å²) in [6, 6.07) is 0. The lowest BCUT2D eigenvalue weighted by molar-refractivity contribution is -0.174. The summed E-state index contributed by atoms with van der Waals surface area (Å²) >= 11 is 0. The third-order valence-electron chi connectivity index (χ3n) is 6.56. The molecule has 0 amide bonds.